The highest BCUT2D eigenvalue weighted by atomic mass is 32.1. The summed E-state index contributed by atoms with van der Waals surface area (Å²) in [5, 5.41) is 18.1. The summed E-state index contributed by atoms with van der Waals surface area (Å²) < 4.78 is 1.84. The van der Waals surface area contributed by atoms with Crippen LogP contribution in [0.3, 0.4) is 0 Å². The summed E-state index contributed by atoms with van der Waals surface area (Å²) in [6.07, 6.45) is 0. The van der Waals surface area contributed by atoms with E-state index in [-0.39, 0.29) is 0 Å². The van der Waals surface area contributed by atoms with Crippen molar-refractivity contribution < 1.29 is 0 Å². The SMILES string of the molecule is CC(C)c1nn2c(-c3ccsc3)nnc2s1. The van der Waals surface area contributed by atoms with E-state index < -0.39 is 0 Å². The molecule has 0 radical (unpaired) electrons. The number of nitrogens with zero attached hydrogens (tertiary/aromatic N) is 4. The second kappa shape index (κ2) is 3.64. The lowest BCUT2D eigenvalue weighted by molar-refractivity contribution is 0.802. The Labute approximate surface area is 101 Å². The molecule has 0 aliphatic heterocycles. The van der Waals surface area contributed by atoms with Crippen molar-refractivity contribution in [1.82, 2.24) is 19.8 Å². The third-order valence-corrected chi connectivity index (χ3v) is 4.16. The van der Waals surface area contributed by atoms with E-state index in [1.165, 1.54) is 0 Å². The Morgan fingerprint density at radius 3 is 2.88 bits per heavy atom. The standard InChI is InChI=1S/C10H10N4S2/c1-6(2)9-13-14-8(7-3-4-15-5-7)11-12-10(14)16-9/h3-6H,1-2H3. The van der Waals surface area contributed by atoms with E-state index in [4.69, 9.17) is 0 Å². The molecule has 0 fully saturated rings. The molecule has 0 amide bonds. The van der Waals surface area contributed by atoms with Crippen molar-refractivity contribution in [3.8, 4) is 11.4 Å². The van der Waals surface area contributed by atoms with Crippen LogP contribution in [0.1, 0.15) is 24.8 Å². The van der Waals surface area contributed by atoms with Crippen LogP contribution < -0.4 is 0 Å². The molecule has 16 heavy (non-hydrogen) atoms. The van der Waals surface area contributed by atoms with Gasteiger partial charge in [0.25, 0.3) is 0 Å². The number of rotatable bonds is 2. The van der Waals surface area contributed by atoms with Crippen molar-refractivity contribution in [2.75, 3.05) is 0 Å². The van der Waals surface area contributed by atoms with Crippen LogP contribution in [-0.2, 0) is 0 Å². The van der Waals surface area contributed by atoms with Crippen molar-refractivity contribution in [3.63, 3.8) is 0 Å². The zero-order valence-electron chi connectivity index (χ0n) is 8.91. The average Bonchev–Trinajstić information content (AvgIpc) is 2.92. The maximum Gasteiger partial charge on any atom is 0.234 e. The zero-order chi connectivity index (χ0) is 11.1. The summed E-state index contributed by atoms with van der Waals surface area (Å²) in [5.74, 6) is 1.27. The molecule has 3 aromatic heterocycles. The lowest BCUT2D eigenvalue weighted by Gasteiger charge is -1.95. The monoisotopic (exact) mass is 250 g/mol. The van der Waals surface area contributed by atoms with E-state index in [0.717, 1.165) is 21.4 Å². The van der Waals surface area contributed by atoms with E-state index >= 15 is 0 Å². The van der Waals surface area contributed by atoms with Gasteiger partial charge in [-0.1, -0.05) is 25.2 Å². The summed E-state index contributed by atoms with van der Waals surface area (Å²) in [7, 11) is 0. The average molecular weight is 250 g/mol. The fourth-order valence-corrected chi connectivity index (χ4v) is 2.91. The van der Waals surface area contributed by atoms with Gasteiger partial charge in [-0.2, -0.15) is 21.0 Å². The minimum Gasteiger partial charge on any atom is -0.183 e. The number of hydrogen-bond acceptors (Lipinski definition) is 5. The molecule has 0 atom stereocenters. The van der Waals surface area contributed by atoms with Crippen molar-refractivity contribution in [2.45, 2.75) is 19.8 Å². The summed E-state index contributed by atoms with van der Waals surface area (Å²) >= 11 is 3.26. The van der Waals surface area contributed by atoms with Crippen LogP contribution in [0.15, 0.2) is 16.8 Å². The maximum absolute atomic E-state index is 4.54. The first-order valence-electron chi connectivity index (χ1n) is 5.00. The molecule has 4 nitrogen and oxygen atoms in total. The van der Waals surface area contributed by atoms with E-state index in [1.807, 2.05) is 16.0 Å². The first-order valence-corrected chi connectivity index (χ1v) is 6.76. The molecule has 0 saturated carbocycles. The highest BCUT2D eigenvalue weighted by Gasteiger charge is 2.14. The van der Waals surface area contributed by atoms with E-state index in [9.17, 15) is 0 Å². The molecule has 3 aromatic rings. The highest BCUT2D eigenvalue weighted by Crippen LogP contribution is 2.26. The van der Waals surface area contributed by atoms with Gasteiger partial charge in [0.15, 0.2) is 5.82 Å². The molecule has 0 bridgehead atoms. The van der Waals surface area contributed by atoms with Crippen molar-refractivity contribution in [1.29, 1.82) is 0 Å². The molecule has 3 rings (SSSR count). The summed E-state index contributed by atoms with van der Waals surface area (Å²) in [6.45, 7) is 4.27. The number of hydrogen-bond donors (Lipinski definition) is 0. The third-order valence-electron chi connectivity index (χ3n) is 2.28. The normalized spacial score (nSPS) is 11.7. The molecular formula is C10H10N4S2. The summed E-state index contributed by atoms with van der Waals surface area (Å²) in [4.78, 5) is 0.866. The lowest BCUT2D eigenvalue weighted by Crippen LogP contribution is -1.92. The van der Waals surface area contributed by atoms with Gasteiger partial charge < -0.3 is 0 Å². The van der Waals surface area contributed by atoms with Gasteiger partial charge in [0, 0.05) is 16.9 Å². The van der Waals surface area contributed by atoms with E-state index in [2.05, 4.69) is 34.5 Å². The van der Waals surface area contributed by atoms with Gasteiger partial charge in [0.05, 0.1) is 0 Å². The smallest absolute Gasteiger partial charge is 0.183 e. The minimum atomic E-state index is 0.432. The van der Waals surface area contributed by atoms with Crippen LogP contribution in [0.2, 0.25) is 0 Å². The molecule has 3 heterocycles. The van der Waals surface area contributed by atoms with Crippen molar-refractivity contribution in [3.05, 3.63) is 21.8 Å². The van der Waals surface area contributed by atoms with Crippen molar-refractivity contribution in [2.24, 2.45) is 0 Å². The number of thiophene rings is 1. The Morgan fingerprint density at radius 1 is 1.31 bits per heavy atom. The first-order chi connectivity index (χ1) is 7.75. The summed E-state index contributed by atoms with van der Waals surface area (Å²) in [6, 6.07) is 2.04. The Hall–Kier alpha value is -1.27. The maximum atomic E-state index is 4.54. The fourth-order valence-electron chi connectivity index (χ4n) is 1.44. The van der Waals surface area contributed by atoms with Gasteiger partial charge in [-0.15, -0.1) is 10.2 Å². The molecule has 0 N–H and O–H groups in total. The molecule has 0 saturated heterocycles. The molecule has 82 valence electrons. The highest BCUT2D eigenvalue weighted by molar-refractivity contribution is 7.16. The van der Waals surface area contributed by atoms with Gasteiger partial charge in [-0.05, 0) is 11.4 Å². The van der Waals surface area contributed by atoms with Gasteiger partial charge >= 0.3 is 0 Å². The quantitative estimate of drug-likeness (QED) is 0.702. The second-order valence-electron chi connectivity index (χ2n) is 3.83. The van der Waals surface area contributed by atoms with Gasteiger partial charge in [-0.3, -0.25) is 0 Å². The van der Waals surface area contributed by atoms with Crippen LogP contribution in [0, 0.1) is 0 Å². The topological polar surface area (TPSA) is 43.1 Å². The van der Waals surface area contributed by atoms with Crippen LogP contribution in [-0.4, -0.2) is 19.8 Å². The van der Waals surface area contributed by atoms with Crippen LogP contribution >= 0.6 is 22.7 Å². The number of fused-ring (bicyclic) bond motifs is 1. The Bertz CT molecular complexity index is 606. The molecule has 0 spiro atoms. The minimum absolute atomic E-state index is 0.432. The zero-order valence-corrected chi connectivity index (χ0v) is 10.5. The second-order valence-corrected chi connectivity index (χ2v) is 5.59. The molecular weight excluding hydrogens is 240 g/mol. The van der Waals surface area contributed by atoms with E-state index in [0.29, 0.717) is 5.92 Å². The Balaban J connectivity index is 2.19. The van der Waals surface area contributed by atoms with Gasteiger partial charge in [0.1, 0.15) is 5.01 Å². The Kier molecular flexibility index (Phi) is 2.26. The van der Waals surface area contributed by atoms with Crippen LogP contribution in [0.4, 0.5) is 0 Å². The van der Waals surface area contributed by atoms with Gasteiger partial charge in [0.2, 0.25) is 4.96 Å². The third kappa shape index (κ3) is 1.45. The summed E-state index contributed by atoms with van der Waals surface area (Å²) in [5.41, 5.74) is 1.08. The predicted molar refractivity (Wildman–Crippen MR) is 66.1 cm³/mol. The molecule has 0 aromatic carbocycles. The molecule has 0 aliphatic carbocycles. The van der Waals surface area contributed by atoms with Crippen LogP contribution in [0.5, 0.6) is 0 Å². The lowest BCUT2D eigenvalue weighted by atomic mass is 10.2. The first kappa shape index (κ1) is 9.92. The van der Waals surface area contributed by atoms with Crippen LogP contribution in [0.25, 0.3) is 16.3 Å². The number of aromatic nitrogens is 4. The Morgan fingerprint density at radius 2 is 2.19 bits per heavy atom. The van der Waals surface area contributed by atoms with Crippen molar-refractivity contribution >= 4 is 27.6 Å². The van der Waals surface area contributed by atoms with E-state index in [1.54, 1.807) is 22.7 Å². The van der Waals surface area contributed by atoms with Gasteiger partial charge in [-0.25, -0.2) is 0 Å². The fraction of sp³-hybridized carbons (Fsp3) is 0.300. The molecule has 6 heteroatoms. The molecule has 0 unspecified atom stereocenters. The predicted octanol–water partition coefficient (Wildman–Crippen LogP) is 3.04. The molecule has 0 aliphatic rings. The largest absolute Gasteiger partial charge is 0.234 e.